The molecule has 1 aromatic rings. The molecule has 0 bridgehead atoms. The number of hydrogen-bond acceptors (Lipinski definition) is 3. The topological polar surface area (TPSA) is 40.5 Å². The first-order chi connectivity index (χ1) is 13.9. The van der Waals surface area contributed by atoms with Crippen LogP contribution < -0.4 is 4.90 Å². The van der Waals surface area contributed by atoms with Gasteiger partial charge in [0.1, 0.15) is 0 Å². The van der Waals surface area contributed by atoms with Crippen molar-refractivity contribution in [3.8, 4) is 0 Å². The minimum atomic E-state index is -0.118. The summed E-state index contributed by atoms with van der Waals surface area (Å²) >= 11 is 0. The zero-order valence-electron chi connectivity index (χ0n) is 18.1. The molecule has 4 aliphatic carbocycles. The van der Waals surface area contributed by atoms with Crippen molar-refractivity contribution in [1.82, 2.24) is 0 Å². The number of aliphatic hydroxyl groups is 1. The Morgan fingerprint density at radius 1 is 1.03 bits per heavy atom. The maximum Gasteiger partial charge on any atom is 0.156 e. The molecule has 1 N–H and O–H groups in total. The van der Waals surface area contributed by atoms with Crippen LogP contribution in [0.25, 0.3) is 0 Å². The van der Waals surface area contributed by atoms with E-state index >= 15 is 0 Å². The summed E-state index contributed by atoms with van der Waals surface area (Å²) < 4.78 is 0. The molecule has 4 aliphatic rings. The summed E-state index contributed by atoms with van der Waals surface area (Å²) in [4.78, 5) is 14.7. The highest BCUT2D eigenvalue weighted by Gasteiger charge is 2.57. The van der Waals surface area contributed by atoms with E-state index < -0.39 is 0 Å². The lowest BCUT2D eigenvalue weighted by molar-refractivity contribution is -0.116. The molecule has 7 unspecified atom stereocenters. The first-order valence-corrected chi connectivity index (χ1v) is 11.6. The number of carbonyl (C=O) groups excluding carboxylic acids is 1. The molecule has 3 nitrogen and oxygen atoms in total. The van der Waals surface area contributed by atoms with Crippen LogP contribution in [0, 0.1) is 29.1 Å². The minimum Gasteiger partial charge on any atom is -0.393 e. The van der Waals surface area contributed by atoms with Crippen LogP contribution in [0.5, 0.6) is 0 Å². The van der Waals surface area contributed by atoms with Gasteiger partial charge >= 0.3 is 0 Å². The molecule has 0 radical (unpaired) electrons. The molecule has 29 heavy (non-hydrogen) atoms. The molecule has 0 aromatic heterocycles. The Morgan fingerprint density at radius 2 is 1.79 bits per heavy atom. The van der Waals surface area contributed by atoms with Gasteiger partial charge in [-0.25, -0.2) is 0 Å². The van der Waals surface area contributed by atoms with Crippen molar-refractivity contribution in [2.45, 2.75) is 63.9 Å². The van der Waals surface area contributed by atoms with E-state index in [1.54, 1.807) is 0 Å². The van der Waals surface area contributed by atoms with Crippen molar-refractivity contribution in [1.29, 1.82) is 0 Å². The van der Waals surface area contributed by atoms with Crippen molar-refractivity contribution in [2.75, 3.05) is 19.0 Å². The van der Waals surface area contributed by atoms with Gasteiger partial charge in [-0.1, -0.05) is 24.6 Å². The molecule has 7 atom stereocenters. The Morgan fingerprint density at radius 3 is 2.52 bits per heavy atom. The summed E-state index contributed by atoms with van der Waals surface area (Å²) in [7, 11) is 4.14. The van der Waals surface area contributed by atoms with Crippen LogP contribution in [0.2, 0.25) is 0 Å². The Kier molecular flexibility index (Phi) is 4.66. The lowest BCUT2D eigenvalue weighted by Gasteiger charge is -2.55. The molecule has 1 aromatic carbocycles. The maximum absolute atomic E-state index is 12.6. The fourth-order valence-electron chi connectivity index (χ4n) is 7.60. The summed E-state index contributed by atoms with van der Waals surface area (Å²) in [6.07, 6.45) is 9.34. The van der Waals surface area contributed by atoms with Gasteiger partial charge in [0, 0.05) is 26.2 Å². The molecule has 0 heterocycles. The number of anilines is 1. The van der Waals surface area contributed by atoms with Gasteiger partial charge in [0.05, 0.1) is 6.10 Å². The average molecular weight is 394 g/mol. The van der Waals surface area contributed by atoms with Crippen molar-refractivity contribution in [2.24, 2.45) is 29.1 Å². The molecule has 0 saturated heterocycles. The van der Waals surface area contributed by atoms with Crippen molar-refractivity contribution >= 4 is 11.5 Å². The zero-order valence-corrected chi connectivity index (χ0v) is 18.1. The molecule has 3 fully saturated rings. The van der Waals surface area contributed by atoms with Crippen LogP contribution in [-0.2, 0) is 4.79 Å². The van der Waals surface area contributed by atoms with Gasteiger partial charge in [0.2, 0.25) is 0 Å². The number of nitrogens with zero attached hydrogens (tertiary/aromatic N) is 1. The summed E-state index contributed by atoms with van der Waals surface area (Å²) in [6, 6.07) is 8.91. The van der Waals surface area contributed by atoms with Crippen LogP contribution >= 0.6 is 0 Å². The van der Waals surface area contributed by atoms with Gasteiger partial charge in [0.25, 0.3) is 0 Å². The van der Waals surface area contributed by atoms with Gasteiger partial charge in [0.15, 0.2) is 5.78 Å². The third kappa shape index (κ3) is 3.00. The highest BCUT2D eigenvalue weighted by atomic mass is 16.3. The number of rotatable bonds is 2. The highest BCUT2D eigenvalue weighted by molar-refractivity contribution is 5.92. The Hall–Kier alpha value is -1.61. The number of hydrogen-bond donors (Lipinski definition) is 1. The third-order valence-corrected chi connectivity index (χ3v) is 9.14. The molecule has 0 spiro atoms. The SMILES string of the molecule is CN(C)c1ccc(C2CC(=O)C=C3CCC4C(CCC5(C)C(O)CCC45)C32)cc1. The predicted molar refractivity (Wildman–Crippen MR) is 117 cm³/mol. The van der Waals surface area contributed by atoms with E-state index in [4.69, 9.17) is 0 Å². The second kappa shape index (κ2) is 6.97. The minimum absolute atomic E-state index is 0.118. The van der Waals surface area contributed by atoms with Crippen LogP contribution in [0.3, 0.4) is 0 Å². The monoisotopic (exact) mass is 393 g/mol. The number of allylic oxidation sites excluding steroid dienone is 1. The Labute approximate surface area is 175 Å². The lowest BCUT2D eigenvalue weighted by Crippen LogP contribution is -2.48. The second-order valence-corrected chi connectivity index (χ2v) is 10.6. The predicted octanol–water partition coefficient (Wildman–Crippen LogP) is 4.95. The van der Waals surface area contributed by atoms with E-state index in [0.29, 0.717) is 41.8 Å². The van der Waals surface area contributed by atoms with Gasteiger partial charge in [-0.05, 0) is 97.3 Å². The largest absolute Gasteiger partial charge is 0.393 e. The second-order valence-electron chi connectivity index (χ2n) is 10.6. The van der Waals surface area contributed by atoms with Crippen LogP contribution in [0.1, 0.15) is 63.4 Å². The summed E-state index contributed by atoms with van der Waals surface area (Å²) in [5.41, 5.74) is 4.09. The average Bonchev–Trinajstić information content (AvgIpc) is 3.02. The van der Waals surface area contributed by atoms with E-state index in [1.807, 2.05) is 6.08 Å². The molecule has 5 rings (SSSR count). The Balaban J connectivity index is 1.49. The van der Waals surface area contributed by atoms with Crippen LogP contribution in [0.4, 0.5) is 5.69 Å². The maximum atomic E-state index is 12.6. The highest BCUT2D eigenvalue weighted by Crippen LogP contribution is 2.63. The van der Waals surface area contributed by atoms with Crippen LogP contribution in [0.15, 0.2) is 35.9 Å². The molecular formula is C26H35NO2. The van der Waals surface area contributed by atoms with E-state index in [9.17, 15) is 9.90 Å². The van der Waals surface area contributed by atoms with Crippen molar-refractivity contribution in [3.05, 3.63) is 41.5 Å². The smallest absolute Gasteiger partial charge is 0.156 e. The lowest BCUT2D eigenvalue weighted by atomic mass is 9.50. The number of carbonyl (C=O) groups is 1. The standard InChI is InChI=1S/C26H35NO2/c1-26-13-12-21-20(23(26)10-11-24(26)29)9-6-17-14-19(28)15-22(25(17)21)16-4-7-18(8-5-16)27(2)3/h4-5,7-8,14,20-25,29H,6,9-13,15H2,1-3H3. The van der Waals surface area contributed by atoms with Gasteiger partial charge in [-0.15, -0.1) is 0 Å². The van der Waals surface area contributed by atoms with Crippen molar-refractivity contribution < 1.29 is 9.90 Å². The van der Waals surface area contributed by atoms with E-state index in [2.05, 4.69) is 50.2 Å². The molecular weight excluding hydrogens is 358 g/mol. The number of benzene rings is 1. The normalized spacial score (nSPS) is 41.2. The molecule has 3 saturated carbocycles. The van der Waals surface area contributed by atoms with Gasteiger partial charge in [-0.2, -0.15) is 0 Å². The number of fused-ring (bicyclic) bond motifs is 5. The van der Waals surface area contributed by atoms with E-state index in [1.165, 1.54) is 36.1 Å². The molecule has 3 heteroatoms. The van der Waals surface area contributed by atoms with Crippen molar-refractivity contribution in [3.63, 3.8) is 0 Å². The molecule has 156 valence electrons. The summed E-state index contributed by atoms with van der Waals surface area (Å²) in [6.45, 7) is 2.35. The quantitative estimate of drug-likeness (QED) is 0.773. The zero-order chi connectivity index (χ0) is 20.3. The first kappa shape index (κ1) is 19.4. The summed E-state index contributed by atoms with van der Waals surface area (Å²) in [5, 5.41) is 10.7. The Bertz CT molecular complexity index is 826. The third-order valence-electron chi connectivity index (χ3n) is 9.14. The van der Waals surface area contributed by atoms with E-state index in [-0.39, 0.29) is 11.5 Å². The summed E-state index contributed by atoms with van der Waals surface area (Å²) in [5.74, 6) is 3.19. The van der Waals surface area contributed by atoms with E-state index in [0.717, 1.165) is 19.3 Å². The van der Waals surface area contributed by atoms with Crippen LogP contribution in [-0.4, -0.2) is 31.1 Å². The molecule has 0 amide bonds. The number of ketones is 1. The number of aliphatic hydroxyl groups excluding tert-OH is 1. The van der Waals surface area contributed by atoms with Gasteiger partial charge < -0.3 is 10.0 Å². The van der Waals surface area contributed by atoms with Gasteiger partial charge in [-0.3, -0.25) is 4.79 Å². The fourth-order valence-corrected chi connectivity index (χ4v) is 7.60. The fraction of sp³-hybridized carbons (Fsp3) is 0.654. The molecule has 0 aliphatic heterocycles. The first-order valence-electron chi connectivity index (χ1n) is 11.6.